The van der Waals surface area contributed by atoms with Gasteiger partial charge in [0.2, 0.25) is 0 Å². The van der Waals surface area contributed by atoms with Gasteiger partial charge in [-0.15, -0.1) is 0 Å². The third-order valence-corrected chi connectivity index (χ3v) is 2.72. The highest BCUT2D eigenvalue weighted by molar-refractivity contribution is 5.22. The van der Waals surface area contributed by atoms with Crippen LogP contribution in [0.1, 0.15) is 43.7 Å². The lowest BCUT2D eigenvalue weighted by atomic mass is 10.0. The number of nitrogens with one attached hydrogen (secondary N) is 1. The topological polar surface area (TPSA) is 12.0 Å². The van der Waals surface area contributed by atoms with Crippen molar-refractivity contribution >= 4 is 0 Å². The summed E-state index contributed by atoms with van der Waals surface area (Å²) in [7, 11) is 1.98. The number of aryl methyl sites for hydroxylation is 1. The van der Waals surface area contributed by atoms with Gasteiger partial charge in [0.05, 0.1) is 0 Å². The van der Waals surface area contributed by atoms with E-state index in [0.29, 0.717) is 0 Å². The molecule has 1 heteroatoms. The number of benzene rings is 1. The molecule has 0 aliphatic rings. The number of unbranched alkanes of at least 4 members (excludes halogenated alkanes) is 3. The molecule has 0 spiro atoms. The lowest BCUT2D eigenvalue weighted by molar-refractivity contribution is 0.666. The Labute approximate surface area is 93.9 Å². The molecule has 1 N–H and O–H groups in total. The Balaban J connectivity index is 2.29. The highest BCUT2D eigenvalue weighted by Crippen LogP contribution is 2.09. The van der Waals surface area contributed by atoms with Gasteiger partial charge in [-0.2, -0.15) is 0 Å². The minimum absolute atomic E-state index is 0.968. The van der Waals surface area contributed by atoms with E-state index in [1.165, 1.54) is 43.2 Å². The Hall–Kier alpha value is -0.820. The summed E-state index contributed by atoms with van der Waals surface area (Å²) in [5.74, 6) is 0. The fourth-order valence-electron chi connectivity index (χ4n) is 1.78. The van der Waals surface area contributed by atoms with Gasteiger partial charge >= 0.3 is 0 Å². The van der Waals surface area contributed by atoms with E-state index in [-0.39, 0.29) is 0 Å². The van der Waals surface area contributed by atoms with E-state index in [2.05, 4.69) is 36.5 Å². The molecule has 1 nitrogen and oxygen atoms in total. The second kappa shape index (κ2) is 7.47. The number of rotatable bonds is 7. The van der Waals surface area contributed by atoms with Crippen LogP contribution in [0.5, 0.6) is 0 Å². The minimum Gasteiger partial charge on any atom is -0.316 e. The highest BCUT2D eigenvalue weighted by Gasteiger charge is 1.94. The Morgan fingerprint density at radius 1 is 0.933 bits per heavy atom. The first kappa shape index (κ1) is 12.3. The van der Waals surface area contributed by atoms with E-state index in [0.717, 1.165) is 6.54 Å². The zero-order valence-electron chi connectivity index (χ0n) is 10.1. The Morgan fingerprint density at radius 2 is 1.60 bits per heavy atom. The van der Waals surface area contributed by atoms with Gasteiger partial charge in [0.15, 0.2) is 0 Å². The van der Waals surface area contributed by atoms with Crippen LogP contribution in [0.4, 0.5) is 0 Å². The first-order valence-corrected chi connectivity index (χ1v) is 6.09. The number of hydrogen-bond acceptors (Lipinski definition) is 1. The molecule has 1 rings (SSSR count). The maximum Gasteiger partial charge on any atom is 0.0202 e. The van der Waals surface area contributed by atoms with Crippen molar-refractivity contribution in [1.29, 1.82) is 0 Å². The molecule has 0 amide bonds. The second-order valence-corrected chi connectivity index (χ2v) is 4.16. The lowest BCUT2D eigenvalue weighted by Crippen LogP contribution is -2.04. The van der Waals surface area contributed by atoms with Crippen molar-refractivity contribution in [1.82, 2.24) is 5.32 Å². The summed E-state index contributed by atoms with van der Waals surface area (Å²) in [6.07, 6.45) is 6.63. The summed E-state index contributed by atoms with van der Waals surface area (Å²) >= 11 is 0. The van der Waals surface area contributed by atoms with Crippen LogP contribution in [0.25, 0.3) is 0 Å². The third kappa shape index (κ3) is 4.98. The molecule has 0 aromatic heterocycles. The van der Waals surface area contributed by atoms with Crippen molar-refractivity contribution in [3.05, 3.63) is 35.4 Å². The predicted octanol–water partition coefficient (Wildman–Crippen LogP) is 3.53. The molecule has 0 fully saturated rings. The molecule has 0 radical (unpaired) electrons. The molecule has 0 heterocycles. The standard InChI is InChI=1S/C14H23N/c1-3-4-5-6-7-13-8-10-14(11-9-13)12-15-2/h8-11,15H,3-7,12H2,1-2H3. The van der Waals surface area contributed by atoms with Gasteiger partial charge in [-0.1, -0.05) is 50.5 Å². The quantitative estimate of drug-likeness (QED) is 0.671. The molecular weight excluding hydrogens is 182 g/mol. The van der Waals surface area contributed by atoms with E-state index >= 15 is 0 Å². The molecule has 0 aliphatic heterocycles. The van der Waals surface area contributed by atoms with Gasteiger partial charge in [-0.05, 0) is 31.0 Å². The summed E-state index contributed by atoms with van der Waals surface area (Å²) in [5, 5.41) is 3.16. The van der Waals surface area contributed by atoms with Crippen molar-refractivity contribution in [2.75, 3.05) is 7.05 Å². The molecule has 84 valence electrons. The van der Waals surface area contributed by atoms with Gasteiger partial charge in [0.1, 0.15) is 0 Å². The zero-order valence-corrected chi connectivity index (χ0v) is 10.1. The lowest BCUT2D eigenvalue weighted by Gasteiger charge is -2.03. The smallest absolute Gasteiger partial charge is 0.0202 e. The molecule has 1 aromatic rings. The minimum atomic E-state index is 0.968. The van der Waals surface area contributed by atoms with Gasteiger partial charge < -0.3 is 5.32 Å². The van der Waals surface area contributed by atoms with Crippen LogP contribution < -0.4 is 5.32 Å². The Kier molecular flexibility index (Phi) is 6.10. The van der Waals surface area contributed by atoms with Crippen LogP contribution >= 0.6 is 0 Å². The predicted molar refractivity (Wildman–Crippen MR) is 67.1 cm³/mol. The van der Waals surface area contributed by atoms with Gasteiger partial charge in [-0.3, -0.25) is 0 Å². The van der Waals surface area contributed by atoms with Crippen LogP contribution in [0.2, 0.25) is 0 Å². The van der Waals surface area contributed by atoms with Crippen molar-refractivity contribution in [2.24, 2.45) is 0 Å². The molecule has 0 atom stereocenters. The summed E-state index contributed by atoms with van der Waals surface area (Å²) in [6, 6.07) is 8.98. The summed E-state index contributed by atoms with van der Waals surface area (Å²) in [5.41, 5.74) is 2.85. The zero-order chi connectivity index (χ0) is 10.9. The first-order chi connectivity index (χ1) is 7.36. The first-order valence-electron chi connectivity index (χ1n) is 6.09. The molecule has 0 aliphatic carbocycles. The molecule has 0 saturated heterocycles. The normalized spacial score (nSPS) is 10.5. The average molecular weight is 205 g/mol. The van der Waals surface area contributed by atoms with Crippen LogP contribution in [0.15, 0.2) is 24.3 Å². The summed E-state index contributed by atoms with van der Waals surface area (Å²) in [6.45, 7) is 3.22. The highest BCUT2D eigenvalue weighted by atomic mass is 14.8. The van der Waals surface area contributed by atoms with Crippen molar-refractivity contribution < 1.29 is 0 Å². The van der Waals surface area contributed by atoms with Crippen molar-refractivity contribution in [3.63, 3.8) is 0 Å². The van der Waals surface area contributed by atoms with E-state index in [1.54, 1.807) is 0 Å². The van der Waals surface area contributed by atoms with Crippen LogP contribution in [0.3, 0.4) is 0 Å². The van der Waals surface area contributed by atoms with Gasteiger partial charge in [0, 0.05) is 6.54 Å². The maximum atomic E-state index is 3.16. The monoisotopic (exact) mass is 205 g/mol. The molecule has 0 unspecified atom stereocenters. The molecule has 1 aromatic carbocycles. The molecule has 15 heavy (non-hydrogen) atoms. The fourth-order valence-corrected chi connectivity index (χ4v) is 1.78. The summed E-state index contributed by atoms with van der Waals surface area (Å²) in [4.78, 5) is 0. The van der Waals surface area contributed by atoms with Crippen molar-refractivity contribution in [2.45, 2.75) is 45.6 Å². The van der Waals surface area contributed by atoms with E-state index in [4.69, 9.17) is 0 Å². The number of hydrogen-bond donors (Lipinski definition) is 1. The molecule has 0 saturated carbocycles. The Bertz CT molecular complexity index is 251. The maximum absolute atomic E-state index is 3.16. The van der Waals surface area contributed by atoms with Crippen LogP contribution in [-0.2, 0) is 13.0 Å². The van der Waals surface area contributed by atoms with Crippen LogP contribution in [0, 0.1) is 0 Å². The van der Waals surface area contributed by atoms with Crippen LogP contribution in [-0.4, -0.2) is 7.05 Å². The largest absolute Gasteiger partial charge is 0.316 e. The fraction of sp³-hybridized carbons (Fsp3) is 0.571. The average Bonchev–Trinajstić information content (AvgIpc) is 2.27. The Morgan fingerprint density at radius 3 is 2.20 bits per heavy atom. The van der Waals surface area contributed by atoms with E-state index in [9.17, 15) is 0 Å². The third-order valence-electron chi connectivity index (χ3n) is 2.72. The van der Waals surface area contributed by atoms with Crippen molar-refractivity contribution in [3.8, 4) is 0 Å². The van der Waals surface area contributed by atoms with Gasteiger partial charge in [-0.25, -0.2) is 0 Å². The van der Waals surface area contributed by atoms with E-state index in [1.807, 2.05) is 7.05 Å². The molecule has 0 bridgehead atoms. The van der Waals surface area contributed by atoms with Gasteiger partial charge in [0.25, 0.3) is 0 Å². The summed E-state index contributed by atoms with van der Waals surface area (Å²) < 4.78 is 0. The second-order valence-electron chi connectivity index (χ2n) is 4.16. The molecular formula is C14H23N. The van der Waals surface area contributed by atoms with E-state index < -0.39 is 0 Å². The SMILES string of the molecule is CCCCCCc1ccc(CNC)cc1.